The lowest BCUT2D eigenvalue weighted by molar-refractivity contribution is 0.0192. The van der Waals surface area contributed by atoms with Gasteiger partial charge in [-0.25, -0.2) is 0 Å². The number of benzene rings is 1. The van der Waals surface area contributed by atoms with Crippen LogP contribution in [0.2, 0.25) is 0 Å². The summed E-state index contributed by atoms with van der Waals surface area (Å²) in [7, 11) is 3.32. The van der Waals surface area contributed by atoms with Crippen molar-refractivity contribution < 1.29 is 28.8 Å². The minimum atomic E-state index is -0.460. The second kappa shape index (κ2) is 11.5. The zero-order valence-corrected chi connectivity index (χ0v) is 18.0. The first-order valence-corrected chi connectivity index (χ1v) is 10.7. The summed E-state index contributed by atoms with van der Waals surface area (Å²) in [5.74, 6) is 0.880. The fourth-order valence-corrected chi connectivity index (χ4v) is 3.99. The van der Waals surface area contributed by atoms with Crippen LogP contribution in [-0.2, 0) is 16.1 Å². The second-order valence-corrected chi connectivity index (χ2v) is 7.93. The van der Waals surface area contributed by atoms with Gasteiger partial charge in [0.15, 0.2) is 11.5 Å². The number of rotatable bonds is 9. The fourth-order valence-electron chi connectivity index (χ4n) is 3.99. The molecule has 2 aliphatic heterocycles. The first kappa shape index (κ1) is 22.8. The summed E-state index contributed by atoms with van der Waals surface area (Å²) in [6.45, 7) is 5.06. The van der Waals surface area contributed by atoms with Gasteiger partial charge in [-0.1, -0.05) is 0 Å². The number of nitrogens with zero attached hydrogens (tertiary/aromatic N) is 1. The molecular formula is C22H34N2O6. The summed E-state index contributed by atoms with van der Waals surface area (Å²) in [5, 5.41) is 13.5. The van der Waals surface area contributed by atoms with Gasteiger partial charge in [0.25, 0.3) is 5.91 Å². The van der Waals surface area contributed by atoms with E-state index in [-0.39, 0.29) is 11.8 Å². The van der Waals surface area contributed by atoms with Gasteiger partial charge in [-0.15, -0.1) is 0 Å². The lowest BCUT2D eigenvalue weighted by Gasteiger charge is -2.36. The standard InChI is InChI=1S/C22H34N2O6/c1-27-8-3-6-24-7-5-17(19(25)14-24)13-23-22(26)18-11-16(15-28-2)12-20-21(18)30-10-4-9-29-20/h11-12,17,19,25H,3-10,13-15H2,1-2H3,(H,23,26)/t17-,19?/m0/s1. The SMILES string of the molecule is COCCCN1CC[C@@H](CNC(=O)c2cc(COC)cc3c2OCCCO3)C(O)C1. The summed E-state index contributed by atoms with van der Waals surface area (Å²) < 4.78 is 21.9. The van der Waals surface area contributed by atoms with E-state index in [1.165, 1.54) is 0 Å². The van der Waals surface area contributed by atoms with E-state index in [2.05, 4.69) is 10.2 Å². The quantitative estimate of drug-likeness (QED) is 0.582. The molecule has 2 atom stereocenters. The maximum absolute atomic E-state index is 13.0. The number of aliphatic hydroxyl groups excluding tert-OH is 1. The molecule has 1 fully saturated rings. The number of amides is 1. The molecular weight excluding hydrogens is 388 g/mol. The Bertz CT molecular complexity index is 698. The molecule has 8 nitrogen and oxygen atoms in total. The van der Waals surface area contributed by atoms with Crippen molar-refractivity contribution in [1.82, 2.24) is 10.2 Å². The Labute approximate surface area is 178 Å². The van der Waals surface area contributed by atoms with Crippen LogP contribution in [0.3, 0.4) is 0 Å². The fraction of sp³-hybridized carbons (Fsp3) is 0.682. The van der Waals surface area contributed by atoms with Crippen molar-refractivity contribution in [2.24, 2.45) is 5.92 Å². The Hall–Kier alpha value is -1.87. The van der Waals surface area contributed by atoms with Crippen molar-refractivity contribution >= 4 is 5.91 Å². The van der Waals surface area contributed by atoms with E-state index in [1.54, 1.807) is 20.3 Å². The molecule has 1 unspecified atom stereocenters. The molecule has 8 heteroatoms. The Morgan fingerprint density at radius 1 is 1.27 bits per heavy atom. The Morgan fingerprint density at radius 2 is 2.10 bits per heavy atom. The second-order valence-electron chi connectivity index (χ2n) is 7.93. The molecule has 0 aromatic heterocycles. The third kappa shape index (κ3) is 6.07. The van der Waals surface area contributed by atoms with Crippen molar-refractivity contribution in [3.8, 4) is 11.5 Å². The topological polar surface area (TPSA) is 89.5 Å². The van der Waals surface area contributed by atoms with Crippen molar-refractivity contribution in [3.05, 3.63) is 23.3 Å². The smallest absolute Gasteiger partial charge is 0.255 e. The normalized spacial score (nSPS) is 21.8. The predicted molar refractivity (Wildman–Crippen MR) is 112 cm³/mol. The van der Waals surface area contributed by atoms with E-state index >= 15 is 0 Å². The number of hydrogen-bond acceptors (Lipinski definition) is 7. The lowest BCUT2D eigenvalue weighted by atomic mass is 9.93. The number of carbonyl (C=O) groups excluding carboxylic acids is 1. The average molecular weight is 423 g/mol. The summed E-state index contributed by atoms with van der Waals surface area (Å²) in [4.78, 5) is 15.2. The summed E-state index contributed by atoms with van der Waals surface area (Å²) in [6, 6.07) is 3.66. The maximum atomic E-state index is 13.0. The highest BCUT2D eigenvalue weighted by atomic mass is 16.5. The van der Waals surface area contributed by atoms with Crippen LogP contribution in [0, 0.1) is 5.92 Å². The largest absolute Gasteiger partial charge is 0.490 e. The van der Waals surface area contributed by atoms with E-state index in [9.17, 15) is 9.90 Å². The monoisotopic (exact) mass is 422 g/mol. The first-order valence-electron chi connectivity index (χ1n) is 10.7. The number of likely N-dealkylation sites (tertiary alicyclic amines) is 1. The number of piperidine rings is 1. The van der Waals surface area contributed by atoms with Crippen molar-refractivity contribution in [2.75, 3.05) is 60.2 Å². The van der Waals surface area contributed by atoms with Crippen LogP contribution < -0.4 is 14.8 Å². The lowest BCUT2D eigenvalue weighted by Crippen LogP contribution is -2.48. The molecule has 168 valence electrons. The Morgan fingerprint density at radius 3 is 2.87 bits per heavy atom. The van der Waals surface area contributed by atoms with Crippen LogP contribution in [-0.4, -0.2) is 82.2 Å². The van der Waals surface area contributed by atoms with Crippen molar-refractivity contribution in [2.45, 2.75) is 32.0 Å². The van der Waals surface area contributed by atoms with Crippen LogP contribution in [0.15, 0.2) is 12.1 Å². The maximum Gasteiger partial charge on any atom is 0.255 e. The first-order chi connectivity index (χ1) is 14.6. The molecule has 30 heavy (non-hydrogen) atoms. The van der Waals surface area contributed by atoms with Gasteiger partial charge in [-0.05, 0) is 37.1 Å². The molecule has 0 radical (unpaired) electrons. The summed E-state index contributed by atoms with van der Waals surface area (Å²) >= 11 is 0. The van der Waals surface area contributed by atoms with Crippen LogP contribution in [0.4, 0.5) is 0 Å². The van der Waals surface area contributed by atoms with Crippen LogP contribution in [0.1, 0.15) is 35.2 Å². The zero-order chi connectivity index (χ0) is 21.3. The molecule has 2 aliphatic rings. The average Bonchev–Trinajstić information content (AvgIpc) is 2.98. The summed E-state index contributed by atoms with van der Waals surface area (Å²) in [6.07, 6.45) is 2.11. The number of nitrogens with one attached hydrogen (secondary N) is 1. The zero-order valence-electron chi connectivity index (χ0n) is 18.0. The van der Waals surface area contributed by atoms with Crippen LogP contribution in [0.5, 0.6) is 11.5 Å². The van der Waals surface area contributed by atoms with Gasteiger partial charge >= 0.3 is 0 Å². The minimum Gasteiger partial charge on any atom is -0.490 e. The van der Waals surface area contributed by atoms with Crippen LogP contribution in [0.25, 0.3) is 0 Å². The van der Waals surface area contributed by atoms with Crippen molar-refractivity contribution in [3.63, 3.8) is 0 Å². The molecule has 2 heterocycles. The highest BCUT2D eigenvalue weighted by Crippen LogP contribution is 2.35. The molecule has 0 aliphatic carbocycles. The number of aliphatic hydroxyl groups is 1. The van der Waals surface area contributed by atoms with E-state index < -0.39 is 6.10 Å². The highest BCUT2D eigenvalue weighted by molar-refractivity contribution is 5.98. The van der Waals surface area contributed by atoms with Gasteiger partial charge in [0.2, 0.25) is 0 Å². The van der Waals surface area contributed by atoms with Gasteiger partial charge in [0, 0.05) is 52.8 Å². The number of methoxy groups -OCH3 is 2. The number of fused-ring (bicyclic) bond motifs is 1. The number of carbonyl (C=O) groups is 1. The molecule has 1 amide bonds. The van der Waals surface area contributed by atoms with Crippen molar-refractivity contribution in [1.29, 1.82) is 0 Å². The molecule has 1 saturated heterocycles. The molecule has 0 spiro atoms. The molecule has 2 N–H and O–H groups in total. The summed E-state index contributed by atoms with van der Waals surface area (Å²) in [5.41, 5.74) is 1.31. The number of ether oxygens (including phenoxy) is 4. The van der Waals surface area contributed by atoms with E-state index in [1.807, 2.05) is 6.07 Å². The van der Waals surface area contributed by atoms with Gasteiger partial charge in [0.1, 0.15) is 0 Å². The molecule has 3 rings (SSSR count). The molecule has 1 aromatic rings. The van der Waals surface area contributed by atoms with Gasteiger partial charge < -0.3 is 34.3 Å². The Kier molecular flexibility index (Phi) is 8.74. The van der Waals surface area contributed by atoms with E-state index in [0.717, 1.165) is 44.5 Å². The van der Waals surface area contributed by atoms with Crippen LogP contribution >= 0.6 is 0 Å². The van der Waals surface area contributed by atoms with E-state index in [4.69, 9.17) is 18.9 Å². The Balaban J connectivity index is 1.60. The third-order valence-corrected chi connectivity index (χ3v) is 5.62. The highest BCUT2D eigenvalue weighted by Gasteiger charge is 2.28. The number of hydrogen-bond donors (Lipinski definition) is 2. The van der Waals surface area contributed by atoms with E-state index in [0.29, 0.717) is 50.0 Å². The predicted octanol–water partition coefficient (Wildman–Crippen LogP) is 1.44. The molecule has 0 bridgehead atoms. The minimum absolute atomic E-state index is 0.0329. The molecule has 0 saturated carbocycles. The van der Waals surface area contributed by atoms with Gasteiger partial charge in [0.05, 0.1) is 31.5 Å². The van der Waals surface area contributed by atoms with Gasteiger partial charge in [-0.3, -0.25) is 4.79 Å². The third-order valence-electron chi connectivity index (χ3n) is 5.62. The van der Waals surface area contributed by atoms with Gasteiger partial charge in [-0.2, -0.15) is 0 Å². The molecule has 1 aromatic carbocycles. The number of β-amino-alcohol motifs (C(OH)–C–C–N with tert-alkyl or cyclic N) is 1.